The Kier molecular flexibility index (Phi) is 5.96. The van der Waals surface area contributed by atoms with Gasteiger partial charge in [-0.25, -0.2) is 14.2 Å². The third-order valence-corrected chi connectivity index (χ3v) is 6.98. The fourth-order valence-electron chi connectivity index (χ4n) is 3.89. The Morgan fingerprint density at radius 2 is 2.12 bits per heavy atom. The van der Waals surface area contributed by atoms with Crippen molar-refractivity contribution < 1.29 is 23.8 Å². The smallest absolute Gasteiger partial charge is 0.413 e. The van der Waals surface area contributed by atoms with Crippen LogP contribution in [0.5, 0.6) is 0 Å². The fourth-order valence-corrected chi connectivity index (χ4v) is 4.99. The molecule has 1 aliphatic carbocycles. The zero-order valence-electron chi connectivity index (χ0n) is 17.1. The van der Waals surface area contributed by atoms with Gasteiger partial charge < -0.3 is 15.6 Å². The van der Waals surface area contributed by atoms with E-state index < -0.39 is 33.9 Å². The Balaban J connectivity index is 1.57. The Morgan fingerprint density at radius 1 is 1.34 bits per heavy atom. The van der Waals surface area contributed by atoms with E-state index in [1.165, 1.54) is 31.5 Å². The maximum Gasteiger partial charge on any atom is 0.413 e. The van der Waals surface area contributed by atoms with Crippen LogP contribution in [0.1, 0.15) is 36.0 Å². The number of hydrogen-bond acceptors (Lipinski definition) is 8. The molecule has 0 spiro atoms. The van der Waals surface area contributed by atoms with E-state index in [1.54, 1.807) is 6.07 Å². The third-order valence-electron chi connectivity index (χ3n) is 5.67. The molecule has 0 bridgehead atoms. The minimum atomic E-state index is -1.22. The molecule has 1 fully saturated rings. The summed E-state index contributed by atoms with van der Waals surface area (Å²) in [6.45, 7) is 0.0121. The number of hydrogen-bond donors (Lipinski definition) is 2. The molecule has 3 N–H and O–H groups in total. The molecular weight excluding hydrogens is 439 g/mol. The second-order valence-electron chi connectivity index (χ2n) is 7.60. The number of ether oxygens (including phenoxy) is 1. The molecule has 2 aliphatic rings. The van der Waals surface area contributed by atoms with E-state index in [4.69, 9.17) is 10.5 Å². The van der Waals surface area contributed by atoms with E-state index in [0.29, 0.717) is 18.5 Å². The number of carbonyl (C=O) groups excluding carboxylic acids is 1. The summed E-state index contributed by atoms with van der Waals surface area (Å²) in [5, 5.41) is 16.7. The van der Waals surface area contributed by atoms with Gasteiger partial charge in [-0.2, -0.15) is 5.10 Å². The Labute approximate surface area is 187 Å². The van der Waals surface area contributed by atoms with Crippen LogP contribution in [0.25, 0.3) is 0 Å². The average molecular weight is 460 g/mol. The Bertz CT molecular complexity index is 1060. The van der Waals surface area contributed by atoms with Crippen LogP contribution < -0.4 is 10.6 Å². The molecular formula is C20H21FN6O4S. The van der Waals surface area contributed by atoms with Crippen LogP contribution in [0, 0.1) is 5.82 Å². The lowest BCUT2D eigenvalue weighted by Gasteiger charge is -2.43. The number of halogens is 1. The molecule has 168 valence electrons. The van der Waals surface area contributed by atoms with Gasteiger partial charge in [-0.05, 0) is 37.1 Å². The summed E-state index contributed by atoms with van der Waals surface area (Å²) in [5.41, 5.74) is 5.36. The van der Waals surface area contributed by atoms with Gasteiger partial charge >= 0.3 is 6.09 Å². The summed E-state index contributed by atoms with van der Waals surface area (Å²) < 4.78 is 19.5. The number of primary amides is 1. The lowest BCUT2D eigenvalue weighted by Crippen LogP contribution is -2.49. The highest BCUT2D eigenvalue weighted by atomic mass is 32.2. The van der Waals surface area contributed by atoms with Crippen LogP contribution in [0.2, 0.25) is 0 Å². The van der Waals surface area contributed by atoms with Crippen molar-refractivity contribution in [3.05, 3.63) is 47.7 Å². The molecule has 0 saturated heterocycles. The van der Waals surface area contributed by atoms with E-state index in [0.717, 1.165) is 23.1 Å². The standard InChI is InChI=1S/C20H21FN6O4S/c1-31-17-14(16(22)28)32-18(24-17)12-5-6-13(26-25-12)27(19(29)30)10-20(7-3-8-20)15-11(21)4-2-9-23-15/h2,4-6,9,14,18H,3,7-8,10H2,1H3,(H2,22,28)(H,29,30). The molecule has 2 amide bonds. The number of carbonyl (C=O) groups is 2. The minimum absolute atomic E-state index is 0.0121. The number of amides is 2. The number of carboxylic acid groups (broad SMARTS) is 1. The molecule has 1 saturated carbocycles. The molecule has 12 heteroatoms. The summed E-state index contributed by atoms with van der Waals surface area (Å²) in [6, 6.07) is 5.93. The monoisotopic (exact) mass is 460 g/mol. The van der Waals surface area contributed by atoms with E-state index in [9.17, 15) is 19.1 Å². The number of aromatic nitrogens is 3. The molecule has 4 rings (SSSR count). The molecule has 2 aromatic rings. The van der Waals surface area contributed by atoms with Crippen molar-refractivity contribution in [1.29, 1.82) is 0 Å². The van der Waals surface area contributed by atoms with Gasteiger partial charge in [0.1, 0.15) is 11.2 Å². The van der Waals surface area contributed by atoms with Crippen molar-refractivity contribution in [2.75, 3.05) is 18.6 Å². The van der Waals surface area contributed by atoms with Gasteiger partial charge in [0.15, 0.2) is 11.1 Å². The first-order valence-electron chi connectivity index (χ1n) is 9.86. The number of methoxy groups -OCH3 is 1. The van der Waals surface area contributed by atoms with Gasteiger partial charge in [-0.15, -0.1) is 16.9 Å². The predicted molar refractivity (Wildman–Crippen MR) is 115 cm³/mol. The van der Waals surface area contributed by atoms with Crippen molar-refractivity contribution in [3.8, 4) is 0 Å². The zero-order valence-corrected chi connectivity index (χ0v) is 18.0. The number of anilines is 1. The van der Waals surface area contributed by atoms with E-state index in [-0.39, 0.29) is 24.0 Å². The maximum absolute atomic E-state index is 14.4. The van der Waals surface area contributed by atoms with Gasteiger partial charge in [-0.1, -0.05) is 6.42 Å². The third kappa shape index (κ3) is 3.97. The predicted octanol–water partition coefficient (Wildman–Crippen LogP) is 2.26. The SMILES string of the molecule is COC1=NC(c2ccc(N(CC3(c4ncccc4F)CCC3)C(=O)O)nn2)SC1C(N)=O. The van der Waals surface area contributed by atoms with Gasteiger partial charge in [0.05, 0.1) is 18.5 Å². The average Bonchev–Trinajstić information content (AvgIpc) is 3.19. The number of rotatable bonds is 6. The first-order valence-corrected chi connectivity index (χ1v) is 10.8. The van der Waals surface area contributed by atoms with Crippen molar-refractivity contribution in [3.63, 3.8) is 0 Å². The molecule has 3 heterocycles. The normalized spacial score (nSPS) is 21.4. The topological polar surface area (TPSA) is 144 Å². The Hall–Kier alpha value is -3.28. The highest BCUT2D eigenvalue weighted by Gasteiger charge is 2.45. The maximum atomic E-state index is 14.4. The quantitative estimate of drug-likeness (QED) is 0.668. The lowest BCUT2D eigenvalue weighted by atomic mass is 9.66. The lowest BCUT2D eigenvalue weighted by molar-refractivity contribution is -0.116. The van der Waals surface area contributed by atoms with Crippen LogP contribution in [0.3, 0.4) is 0 Å². The molecule has 2 atom stereocenters. The molecule has 2 unspecified atom stereocenters. The number of aliphatic imine (C=N–C) groups is 1. The first kappa shape index (κ1) is 21.9. The van der Waals surface area contributed by atoms with Crippen LogP contribution in [-0.4, -0.2) is 57.1 Å². The molecule has 2 aromatic heterocycles. The molecule has 10 nitrogen and oxygen atoms in total. The largest absolute Gasteiger partial charge is 0.483 e. The summed E-state index contributed by atoms with van der Waals surface area (Å²) in [5.74, 6) is -0.718. The Morgan fingerprint density at radius 3 is 2.62 bits per heavy atom. The summed E-state index contributed by atoms with van der Waals surface area (Å²) in [6.07, 6.45) is 2.38. The van der Waals surface area contributed by atoms with Crippen molar-refractivity contribution >= 4 is 35.5 Å². The summed E-state index contributed by atoms with van der Waals surface area (Å²) in [4.78, 5) is 33.1. The number of nitrogens with two attached hydrogens (primary N) is 1. The highest BCUT2D eigenvalue weighted by molar-refractivity contribution is 8.01. The van der Waals surface area contributed by atoms with Crippen LogP contribution >= 0.6 is 11.8 Å². The molecule has 1 aliphatic heterocycles. The molecule has 0 aromatic carbocycles. The minimum Gasteiger partial charge on any atom is -0.483 e. The van der Waals surface area contributed by atoms with E-state index >= 15 is 0 Å². The second kappa shape index (κ2) is 8.69. The number of thioether (sulfide) groups is 1. The van der Waals surface area contributed by atoms with Gasteiger partial charge in [0, 0.05) is 18.2 Å². The molecule has 0 radical (unpaired) electrons. The first-order chi connectivity index (χ1) is 15.3. The van der Waals surface area contributed by atoms with Crippen molar-refractivity contribution in [2.24, 2.45) is 10.7 Å². The highest BCUT2D eigenvalue weighted by Crippen LogP contribution is 2.45. The van der Waals surface area contributed by atoms with Gasteiger partial charge in [0.25, 0.3) is 0 Å². The molecule has 32 heavy (non-hydrogen) atoms. The van der Waals surface area contributed by atoms with E-state index in [2.05, 4.69) is 20.2 Å². The van der Waals surface area contributed by atoms with Gasteiger partial charge in [0.2, 0.25) is 11.8 Å². The van der Waals surface area contributed by atoms with Crippen molar-refractivity contribution in [1.82, 2.24) is 15.2 Å². The zero-order chi connectivity index (χ0) is 22.9. The van der Waals surface area contributed by atoms with Crippen LogP contribution in [0.15, 0.2) is 35.5 Å². The number of nitrogens with zero attached hydrogens (tertiary/aromatic N) is 5. The summed E-state index contributed by atoms with van der Waals surface area (Å²) >= 11 is 1.16. The van der Waals surface area contributed by atoms with Crippen LogP contribution in [0.4, 0.5) is 15.0 Å². The van der Waals surface area contributed by atoms with E-state index in [1.807, 2.05) is 0 Å². The van der Waals surface area contributed by atoms with Crippen LogP contribution in [-0.2, 0) is 14.9 Å². The fraction of sp³-hybridized carbons (Fsp3) is 0.400. The van der Waals surface area contributed by atoms with Gasteiger partial charge in [-0.3, -0.25) is 14.7 Å². The second-order valence-corrected chi connectivity index (χ2v) is 8.79. The van der Waals surface area contributed by atoms with Crippen molar-refractivity contribution in [2.45, 2.75) is 35.3 Å². The summed E-state index contributed by atoms with van der Waals surface area (Å²) in [7, 11) is 1.40. The number of pyridine rings is 1.